The summed E-state index contributed by atoms with van der Waals surface area (Å²) in [5.41, 5.74) is 1.47. The van der Waals surface area contributed by atoms with Gasteiger partial charge in [-0.05, 0) is 36.3 Å². The van der Waals surface area contributed by atoms with Crippen molar-refractivity contribution in [2.45, 2.75) is 52.3 Å². The molecule has 1 fully saturated rings. The third-order valence-corrected chi connectivity index (χ3v) is 3.40. The van der Waals surface area contributed by atoms with E-state index in [4.69, 9.17) is 0 Å². The third-order valence-electron chi connectivity index (χ3n) is 3.40. The lowest BCUT2D eigenvalue weighted by atomic mass is 9.84. The Labute approximate surface area is 92.3 Å². The van der Waals surface area contributed by atoms with Crippen LogP contribution in [0.3, 0.4) is 0 Å². The second-order valence-corrected chi connectivity index (χ2v) is 5.64. The normalized spacial score (nSPS) is 27.6. The first-order valence-corrected chi connectivity index (χ1v) is 5.84. The fourth-order valence-corrected chi connectivity index (χ4v) is 2.02. The number of nitrogens with zero attached hydrogens (tertiary/aromatic N) is 1. The molecule has 0 spiro atoms. The van der Waals surface area contributed by atoms with Crippen molar-refractivity contribution < 1.29 is 5.11 Å². The van der Waals surface area contributed by atoms with Gasteiger partial charge in [0.2, 0.25) is 0 Å². The fourth-order valence-electron chi connectivity index (χ4n) is 2.02. The van der Waals surface area contributed by atoms with Gasteiger partial charge in [-0.15, -0.1) is 0 Å². The number of aliphatic hydroxyl groups is 1. The highest BCUT2D eigenvalue weighted by atomic mass is 16.3. The molecule has 0 amide bonds. The average molecular weight is 207 g/mol. The van der Waals surface area contributed by atoms with Crippen LogP contribution in [0.15, 0.2) is 23.9 Å². The van der Waals surface area contributed by atoms with Crippen LogP contribution < -0.4 is 0 Å². The van der Waals surface area contributed by atoms with Crippen molar-refractivity contribution in [1.82, 2.24) is 4.90 Å². The number of aliphatic hydroxyl groups excluding tert-OH is 1. The van der Waals surface area contributed by atoms with Gasteiger partial charge in [0.05, 0.1) is 0 Å². The summed E-state index contributed by atoms with van der Waals surface area (Å²) in [4.78, 5) is 2.12. The van der Waals surface area contributed by atoms with Crippen molar-refractivity contribution in [2.75, 3.05) is 0 Å². The summed E-state index contributed by atoms with van der Waals surface area (Å²) in [7, 11) is 0. The highest BCUT2D eigenvalue weighted by Crippen LogP contribution is 2.34. The maximum Gasteiger partial charge on any atom is 0.146 e. The SMILES string of the molecule is CC(C)(C)C1=CN(C2CCC2)C(O)C=C1. The van der Waals surface area contributed by atoms with Crippen LogP contribution in [-0.4, -0.2) is 22.3 Å². The Kier molecular flexibility index (Phi) is 2.63. The van der Waals surface area contributed by atoms with E-state index >= 15 is 0 Å². The molecule has 2 aliphatic rings. The van der Waals surface area contributed by atoms with Crippen LogP contribution >= 0.6 is 0 Å². The number of rotatable bonds is 1. The highest BCUT2D eigenvalue weighted by Gasteiger charge is 2.29. The average Bonchev–Trinajstić information content (AvgIpc) is 2.03. The summed E-state index contributed by atoms with van der Waals surface area (Å²) in [5.74, 6) is 0. The minimum absolute atomic E-state index is 0.165. The summed E-state index contributed by atoms with van der Waals surface area (Å²) in [5, 5.41) is 9.88. The molecule has 1 unspecified atom stereocenters. The molecule has 2 rings (SSSR count). The zero-order chi connectivity index (χ0) is 11.1. The quantitative estimate of drug-likeness (QED) is 0.714. The van der Waals surface area contributed by atoms with Gasteiger partial charge in [0, 0.05) is 12.2 Å². The Balaban J connectivity index is 2.16. The van der Waals surface area contributed by atoms with E-state index in [1.54, 1.807) is 0 Å². The van der Waals surface area contributed by atoms with Gasteiger partial charge in [-0.2, -0.15) is 0 Å². The topological polar surface area (TPSA) is 23.5 Å². The zero-order valence-electron chi connectivity index (χ0n) is 9.90. The molecule has 1 atom stereocenters. The van der Waals surface area contributed by atoms with E-state index in [2.05, 4.69) is 37.9 Å². The van der Waals surface area contributed by atoms with E-state index in [9.17, 15) is 5.11 Å². The minimum atomic E-state index is -0.415. The van der Waals surface area contributed by atoms with Crippen molar-refractivity contribution in [1.29, 1.82) is 0 Å². The zero-order valence-corrected chi connectivity index (χ0v) is 9.90. The summed E-state index contributed by atoms with van der Waals surface area (Å²) in [6.07, 6.45) is 9.43. The van der Waals surface area contributed by atoms with Crippen LogP contribution in [0.2, 0.25) is 0 Å². The maximum atomic E-state index is 9.88. The molecule has 0 aromatic rings. The molecule has 15 heavy (non-hydrogen) atoms. The molecule has 1 saturated carbocycles. The molecule has 1 aliphatic heterocycles. The predicted molar refractivity (Wildman–Crippen MR) is 62.2 cm³/mol. The fraction of sp³-hybridized carbons (Fsp3) is 0.692. The van der Waals surface area contributed by atoms with Gasteiger partial charge in [-0.25, -0.2) is 0 Å². The Morgan fingerprint density at radius 1 is 1.33 bits per heavy atom. The second kappa shape index (κ2) is 3.67. The van der Waals surface area contributed by atoms with Crippen LogP contribution in [0.1, 0.15) is 40.0 Å². The van der Waals surface area contributed by atoms with E-state index < -0.39 is 6.23 Å². The van der Waals surface area contributed by atoms with Gasteiger partial charge >= 0.3 is 0 Å². The smallest absolute Gasteiger partial charge is 0.146 e. The Morgan fingerprint density at radius 3 is 2.47 bits per heavy atom. The largest absolute Gasteiger partial charge is 0.370 e. The molecular formula is C13H21NO. The van der Waals surface area contributed by atoms with Crippen LogP contribution in [0.25, 0.3) is 0 Å². The lowest BCUT2D eigenvalue weighted by Crippen LogP contribution is -2.44. The van der Waals surface area contributed by atoms with E-state index in [1.807, 2.05) is 6.08 Å². The molecule has 1 aliphatic carbocycles. The highest BCUT2D eigenvalue weighted by molar-refractivity contribution is 5.28. The Hall–Kier alpha value is -0.760. The van der Waals surface area contributed by atoms with E-state index in [0.717, 1.165) is 0 Å². The Morgan fingerprint density at radius 2 is 2.00 bits per heavy atom. The molecule has 2 heteroatoms. The minimum Gasteiger partial charge on any atom is -0.370 e. The molecule has 84 valence electrons. The number of hydrogen-bond acceptors (Lipinski definition) is 2. The lowest BCUT2D eigenvalue weighted by Gasteiger charge is -2.42. The summed E-state index contributed by atoms with van der Waals surface area (Å²) >= 11 is 0. The lowest BCUT2D eigenvalue weighted by molar-refractivity contribution is 0.0185. The molecule has 0 radical (unpaired) electrons. The first kappa shape index (κ1) is 10.7. The molecule has 0 saturated heterocycles. The summed E-state index contributed by atoms with van der Waals surface area (Å²) < 4.78 is 0. The van der Waals surface area contributed by atoms with Crippen molar-refractivity contribution in [3.63, 3.8) is 0 Å². The van der Waals surface area contributed by atoms with Crippen LogP contribution in [-0.2, 0) is 0 Å². The molecule has 2 nitrogen and oxygen atoms in total. The summed E-state index contributed by atoms with van der Waals surface area (Å²) in [6.45, 7) is 6.62. The monoisotopic (exact) mass is 207 g/mol. The van der Waals surface area contributed by atoms with Crippen molar-refractivity contribution in [3.05, 3.63) is 23.9 Å². The van der Waals surface area contributed by atoms with Gasteiger partial charge in [0.1, 0.15) is 6.23 Å². The van der Waals surface area contributed by atoms with Crippen LogP contribution in [0, 0.1) is 5.41 Å². The van der Waals surface area contributed by atoms with Gasteiger partial charge < -0.3 is 10.0 Å². The van der Waals surface area contributed by atoms with E-state index in [0.29, 0.717) is 6.04 Å². The molecule has 0 aromatic carbocycles. The van der Waals surface area contributed by atoms with E-state index in [-0.39, 0.29) is 5.41 Å². The van der Waals surface area contributed by atoms with E-state index in [1.165, 1.54) is 24.8 Å². The summed E-state index contributed by atoms with van der Waals surface area (Å²) in [6, 6.07) is 0.558. The second-order valence-electron chi connectivity index (χ2n) is 5.64. The standard InChI is InChI=1S/C13H21NO/c1-13(2,3)10-7-8-12(15)14(9-10)11-5-4-6-11/h7-9,11-12,15H,4-6H2,1-3H3. The van der Waals surface area contributed by atoms with Gasteiger partial charge in [-0.1, -0.05) is 26.8 Å². The first-order valence-electron chi connectivity index (χ1n) is 5.84. The third kappa shape index (κ3) is 2.10. The van der Waals surface area contributed by atoms with Crippen LogP contribution in [0.5, 0.6) is 0 Å². The molecule has 1 heterocycles. The van der Waals surface area contributed by atoms with Crippen LogP contribution in [0.4, 0.5) is 0 Å². The molecule has 0 aromatic heterocycles. The number of hydrogen-bond donors (Lipinski definition) is 1. The molecule has 0 bridgehead atoms. The molecular weight excluding hydrogens is 186 g/mol. The number of allylic oxidation sites excluding steroid dienone is 2. The van der Waals surface area contributed by atoms with Gasteiger partial charge in [-0.3, -0.25) is 0 Å². The van der Waals surface area contributed by atoms with Crippen molar-refractivity contribution in [3.8, 4) is 0 Å². The van der Waals surface area contributed by atoms with Crippen molar-refractivity contribution >= 4 is 0 Å². The first-order chi connectivity index (χ1) is 6.98. The predicted octanol–water partition coefficient (Wildman–Crippen LogP) is 2.66. The van der Waals surface area contributed by atoms with Crippen molar-refractivity contribution in [2.24, 2.45) is 5.41 Å². The Bertz CT molecular complexity index is 294. The molecule has 1 N–H and O–H groups in total. The van der Waals surface area contributed by atoms with Gasteiger partial charge in [0.15, 0.2) is 0 Å². The maximum absolute atomic E-state index is 9.88. The van der Waals surface area contributed by atoms with Gasteiger partial charge in [0.25, 0.3) is 0 Å².